The Labute approximate surface area is 108 Å². The Morgan fingerprint density at radius 2 is 2.11 bits per heavy atom. The second-order valence-electron chi connectivity index (χ2n) is 4.11. The lowest BCUT2D eigenvalue weighted by Gasteiger charge is -2.18. The van der Waals surface area contributed by atoms with Crippen LogP contribution in [-0.2, 0) is 4.79 Å². The maximum absolute atomic E-state index is 13.1. The fourth-order valence-electron chi connectivity index (χ4n) is 1.28. The van der Waals surface area contributed by atoms with E-state index in [-0.39, 0.29) is 11.3 Å². The molecule has 0 heterocycles. The number of benzene rings is 1. The van der Waals surface area contributed by atoms with Crippen LogP contribution in [0.25, 0.3) is 0 Å². The fraction of sp³-hybridized carbons (Fsp3) is 0.333. The fourth-order valence-corrected chi connectivity index (χ4v) is 1.28. The number of ether oxygens (including phenoxy) is 1. The summed E-state index contributed by atoms with van der Waals surface area (Å²) in [5.74, 6) is -2.69. The van der Waals surface area contributed by atoms with Gasteiger partial charge < -0.3 is 20.3 Å². The molecule has 0 bridgehead atoms. The summed E-state index contributed by atoms with van der Waals surface area (Å²) in [6.45, 7) is 0.527. The highest BCUT2D eigenvalue weighted by Crippen LogP contribution is 2.19. The summed E-state index contributed by atoms with van der Waals surface area (Å²) in [7, 11) is 1.32. The zero-order chi connectivity index (χ0) is 14.6. The van der Waals surface area contributed by atoms with E-state index in [1.54, 1.807) is 0 Å². The molecule has 0 radical (unpaired) electrons. The molecule has 104 valence electrons. The number of carboxylic acid groups (broad SMARTS) is 1. The Balaban J connectivity index is 2.84. The number of hydrogen-bond donors (Lipinski definition) is 3. The molecule has 1 rings (SSSR count). The second-order valence-corrected chi connectivity index (χ2v) is 4.11. The van der Waals surface area contributed by atoms with Gasteiger partial charge in [0.25, 0.3) is 5.91 Å². The van der Waals surface area contributed by atoms with Crippen LogP contribution in [0, 0.1) is 5.82 Å². The molecule has 1 aromatic rings. The molecule has 0 fully saturated rings. The number of halogens is 1. The van der Waals surface area contributed by atoms with Crippen LogP contribution in [0.5, 0.6) is 5.75 Å². The monoisotopic (exact) mass is 271 g/mol. The van der Waals surface area contributed by atoms with Crippen molar-refractivity contribution in [1.82, 2.24) is 5.32 Å². The first-order valence-electron chi connectivity index (χ1n) is 5.35. The third kappa shape index (κ3) is 3.65. The van der Waals surface area contributed by atoms with Gasteiger partial charge in [-0.25, -0.2) is 9.18 Å². The second kappa shape index (κ2) is 5.66. The van der Waals surface area contributed by atoms with Crippen molar-refractivity contribution in [2.24, 2.45) is 0 Å². The minimum Gasteiger partial charge on any atom is -0.496 e. The molecule has 1 amide bonds. The van der Waals surface area contributed by atoms with E-state index in [1.807, 2.05) is 0 Å². The van der Waals surface area contributed by atoms with Crippen molar-refractivity contribution in [2.45, 2.75) is 12.5 Å². The average molecular weight is 271 g/mol. The minimum atomic E-state index is -2.10. The molecule has 0 spiro atoms. The number of aliphatic hydroxyl groups is 1. The zero-order valence-corrected chi connectivity index (χ0v) is 10.4. The first kappa shape index (κ1) is 14.9. The van der Waals surface area contributed by atoms with Crippen LogP contribution >= 0.6 is 0 Å². The number of carbonyl (C=O) groups excluding carboxylic acids is 1. The largest absolute Gasteiger partial charge is 0.496 e. The summed E-state index contributed by atoms with van der Waals surface area (Å²) in [5, 5.41) is 20.3. The molecule has 0 saturated carbocycles. The van der Waals surface area contributed by atoms with Gasteiger partial charge in [-0.05, 0) is 25.1 Å². The van der Waals surface area contributed by atoms with Gasteiger partial charge in [0.05, 0.1) is 19.2 Å². The van der Waals surface area contributed by atoms with E-state index in [0.29, 0.717) is 0 Å². The number of carboxylic acids is 1. The van der Waals surface area contributed by atoms with Gasteiger partial charge in [-0.2, -0.15) is 0 Å². The van der Waals surface area contributed by atoms with E-state index in [0.717, 1.165) is 19.1 Å². The molecule has 1 atom stereocenters. The topological polar surface area (TPSA) is 95.9 Å². The first-order chi connectivity index (χ1) is 8.77. The predicted molar refractivity (Wildman–Crippen MR) is 63.5 cm³/mol. The summed E-state index contributed by atoms with van der Waals surface area (Å²) in [6.07, 6.45) is 0. The van der Waals surface area contributed by atoms with Gasteiger partial charge in [0.1, 0.15) is 11.6 Å². The summed E-state index contributed by atoms with van der Waals surface area (Å²) < 4.78 is 18.0. The van der Waals surface area contributed by atoms with Crippen molar-refractivity contribution in [2.75, 3.05) is 13.7 Å². The number of amides is 1. The van der Waals surface area contributed by atoms with Gasteiger partial charge in [-0.15, -0.1) is 0 Å². The number of nitrogens with one attached hydrogen (secondary N) is 1. The normalized spacial score (nSPS) is 13.5. The maximum atomic E-state index is 13.1. The van der Waals surface area contributed by atoms with Gasteiger partial charge in [0.2, 0.25) is 0 Å². The van der Waals surface area contributed by atoms with E-state index >= 15 is 0 Å². The van der Waals surface area contributed by atoms with Crippen LogP contribution in [0.15, 0.2) is 18.2 Å². The summed E-state index contributed by atoms with van der Waals surface area (Å²) in [6, 6.07) is 3.37. The van der Waals surface area contributed by atoms with Gasteiger partial charge in [-0.3, -0.25) is 4.79 Å². The van der Waals surface area contributed by atoms with Crippen molar-refractivity contribution in [1.29, 1.82) is 0 Å². The highest BCUT2D eigenvalue weighted by Gasteiger charge is 2.30. The molecule has 19 heavy (non-hydrogen) atoms. The lowest BCUT2D eigenvalue weighted by Crippen LogP contribution is -2.46. The predicted octanol–water partition coefficient (Wildman–Crippen LogP) is 0.400. The van der Waals surface area contributed by atoms with Crippen molar-refractivity contribution in [3.8, 4) is 5.75 Å². The van der Waals surface area contributed by atoms with E-state index in [4.69, 9.17) is 9.84 Å². The molecule has 1 aromatic carbocycles. The van der Waals surface area contributed by atoms with E-state index in [1.165, 1.54) is 13.2 Å². The van der Waals surface area contributed by atoms with Crippen molar-refractivity contribution in [3.63, 3.8) is 0 Å². The molecule has 0 saturated heterocycles. The molecule has 0 aliphatic rings. The molecule has 3 N–H and O–H groups in total. The van der Waals surface area contributed by atoms with Crippen molar-refractivity contribution >= 4 is 11.9 Å². The quantitative estimate of drug-likeness (QED) is 0.720. The number of hydrogen-bond acceptors (Lipinski definition) is 4. The van der Waals surface area contributed by atoms with Gasteiger partial charge in [-0.1, -0.05) is 0 Å². The molecule has 6 nitrogen and oxygen atoms in total. The molecule has 1 unspecified atom stereocenters. The third-order valence-corrected chi connectivity index (χ3v) is 2.46. The lowest BCUT2D eigenvalue weighted by molar-refractivity contribution is -0.155. The lowest BCUT2D eigenvalue weighted by atomic mass is 10.1. The Morgan fingerprint density at radius 3 is 2.63 bits per heavy atom. The molecule has 0 aromatic heterocycles. The zero-order valence-electron chi connectivity index (χ0n) is 10.4. The number of carbonyl (C=O) groups is 2. The van der Waals surface area contributed by atoms with E-state index in [9.17, 15) is 19.1 Å². The smallest absolute Gasteiger partial charge is 0.337 e. The van der Waals surface area contributed by atoms with Crippen molar-refractivity contribution in [3.05, 3.63) is 29.6 Å². The Bertz CT molecular complexity index is 501. The Kier molecular flexibility index (Phi) is 4.44. The third-order valence-electron chi connectivity index (χ3n) is 2.46. The minimum absolute atomic E-state index is 0.0799. The van der Waals surface area contributed by atoms with Gasteiger partial charge in [0, 0.05) is 0 Å². The van der Waals surface area contributed by atoms with Crippen LogP contribution in [-0.4, -0.2) is 41.3 Å². The van der Waals surface area contributed by atoms with Crippen LogP contribution < -0.4 is 10.1 Å². The SMILES string of the molecule is COc1ccc(F)cc1C(=O)NCC(C)(O)C(=O)O. The van der Waals surface area contributed by atoms with Crippen LogP contribution in [0.4, 0.5) is 4.39 Å². The Hall–Kier alpha value is -2.15. The summed E-state index contributed by atoms with van der Waals surface area (Å²) in [4.78, 5) is 22.4. The maximum Gasteiger partial charge on any atom is 0.337 e. The molecule has 0 aliphatic heterocycles. The highest BCUT2D eigenvalue weighted by atomic mass is 19.1. The van der Waals surface area contributed by atoms with Crippen LogP contribution in [0.2, 0.25) is 0 Å². The van der Waals surface area contributed by atoms with Crippen molar-refractivity contribution < 1.29 is 28.9 Å². The number of rotatable bonds is 5. The van der Waals surface area contributed by atoms with Crippen LogP contribution in [0.3, 0.4) is 0 Å². The first-order valence-corrected chi connectivity index (χ1v) is 5.35. The highest BCUT2D eigenvalue weighted by molar-refractivity contribution is 5.97. The standard InChI is InChI=1S/C12H14FNO5/c1-12(18,11(16)17)6-14-10(15)8-5-7(13)3-4-9(8)19-2/h3-5,18H,6H2,1-2H3,(H,14,15)(H,16,17). The molecular formula is C12H14FNO5. The van der Waals surface area contributed by atoms with Gasteiger partial charge >= 0.3 is 5.97 Å². The number of aliphatic carboxylic acids is 1. The Morgan fingerprint density at radius 1 is 1.47 bits per heavy atom. The molecular weight excluding hydrogens is 257 g/mol. The summed E-state index contributed by atoms with van der Waals surface area (Å²) >= 11 is 0. The van der Waals surface area contributed by atoms with Crippen LogP contribution in [0.1, 0.15) is 17.3 Å². The van der Waals surface area contributed by atoms with E-state index < -0.39 is 29.8 Å². The average Bonchev–Trinajstić information content (AvgIpc) is 2.35. The molecule has 0 aliphatic carbocycles. The molecule has 7 heteroatoms. The van der Waals surface area contributed by atoms with Gasteiger partial charge in [0.15, 0.2) is 5.60 Å². The summed E-state index contributed by atoms with van der Waals surface area (Å²) in [5.41, 5.74) is -2.18. The van der Waals surface area contributed by atoms with E-state index in [2.05, 4.69) is 5.32 Å². The number of methoxy groups -OCH3 is 1.